The van der Waals surface area contributed by atoms with Gasteiger partial charge in [0.05, 0.1) is 22.3 Å². The van der Waals surface area contributed by atoms with E-state index in [0.717, 1.165) is 25.7 Å². The van der Waals surface area contributed by atoms with E-state index in [-0.39, 0.29) is 65.2 Å². The molecule has 0 amide bonds. The number of carbonyl (C=O) groups excluding carboxylic acids is 4. The van der Waals surface area contributed by atoms with Crippen molar-refractivity contribution in [2.45, 2.75) is 166 Å². The molecule has 1 aliphatic rings. The molecule has 46 heavy (non-hydrogen) atoms. The van der Waals surface area contributed by atoms with Crippen molar-refractivity contribution in [3.05, 3.63) is 12.2 Å². The van der Waals surface area contributed by atoms with Crippen LogP contribution in [-0.2, 0) is 38.1 Å². The highest BCUT2D eigenvalue weighted by Crippen LogP contribution is 2.39. The van der Waals surface area contributed by atoms with E-state index in [2.05, 4.69) is 46.2 Å². The molecular formula is C37H69NO8. The summed E-state index contributed by atoms with van der Waals surface area (Å²) in [5.41, 5.74) is -0.743. The van der Waals surface area contributed by atoms with Crippen LogP contribution in [0.15, 0.2) is 12.2 Å². The first kappa shape index (κ1) is 45.7. The van der Waals surface area contributed by atoms with Gasteiger partial charge in [0.15, 0.2) is 0 Å². The molecule has 1 heterocycles. The fourth-order valence-corrected chi connectivity index (χ4v) is 4.07. The molecule has 0 aromatic heterocycles. The van der Waals surface area contributed by atoms with Crippen molar-refractivity contribution < 1.29 is 38.1 Å². The molecule has 0 aromatic rings. The normalized spacial score (nSPS) is 16.6. The summed E-state index contributed by atoms with van der Waals surface area (Å²) in [4.78, 5) is 48.4. The van der Waals surface area contributed by atoms with Crippen LogP contribution in [0, 0.1) is 16.2 Å². The van der Waals surface area contributed by atoms with E-state index in [1.165, 1.54) is 0 Å². The summed E-state index contributed by atoms with van der Waals surface area (Å²) in [6, 6.07) is 0. The van der Waals surface area contributed by atoms with Gasteiger partial charge >= 0.3 is 23.9 Å². The first-order chi connectivity index (χ1) is 20.6. The molecule has 0 aromatic carbocycles. The number of esters is 4. The van der Waals surface area contributed by atoms with E-state index in [1.807, 2.05) is 76.2 Å². The third-order valence-corrected chi connectivity index (χ3v) is 9.09. The average molecular weight is 656 g/mol. The third-order valence-electron chi connectivity index (χ3n) is 9.09. The Balaban J connectivity index is 0. The van der Waals surface area contributed by atoms with Crippen LogP contribution in [-0.4, -0.2) is 72.3 Å². The number of rotatable bonds is 12. The summed E-state index contributed by atoms with van der Waals surface area (Å²) in [7, 11) is 2.16. The molecule has 0 atom stereocenters. The van der Waals surface area contributed by atoms with Crippen molar-refractivity contribution >= 4 is 23.9 Å². The molecule has 0 radical (unpaired) electrons. The molecule has 9 heteroatoms. The number of likely N-dealkylation sites (tertiary alicyclic amines) is 1. The van der Waals surface area contributed by atoms with Gasteiger partial charge in [-0.3, -0.25) is 19.3 Å². The topological polar surface area (TPSA) is 108 Å². The van der Waals surface area contributed by atoms with E-state index in [9.17, 15) is 19.2 Å². The maximum atomic E-state index is 12.2. The Morgan fingerprint density at radius 1 is 0.739 bits per heavy atom. The van der Waals surface area contributed by atoms with E-state index in [1.54, 1.807) is 6.92 Å². The van der Waals surface area contributed by atoms with Crippen LogP contribution in [0.2, 0.25) is 0 Å². The van der Waals surface area contributed by atoms with Gasteiger partial charge in [-0.25, -0.2) is 4.79 Å². The quantitative estimate of drug-likeness (QED) is 0.0892. The smallest absolute Gasteiger partial charge is 0.333 e. The second-order valence-electron chi connectivity index (χ2n) is 15.8. The predicted octanol–water partition coefficient (Wildman–Crippen LogP) is 8.08. The Morgan fingerprint density at radius 2 is 1.11 bits per heavy atom. The first-order valence-corrected chi connectivity index (χ1v) is 16.8. The lowest BCUT2D eigenvalue weighted by Gasteiger charge is -2.53. The molecule has 0 saturated carbocycles. The molecule has 9 nitrogen and oxygen atoms in total. The van der Waals surface area contributed by atoms with Crippen molar-refractivity contribution in [1.29, 1.82) is 0 Å². The predicted molar refractivity (Wildman–Crippen MR) is 185 cm³/mol. The minimum absolute atomic E-state index is 0.00618. The number of hydrogen-bond donors (Lipinski definition) is 0. The molecule has 0 N–H and O–H groups in total. The summed E-state index contributed by atoms with van der Waals surface area (Å²) in [5.74, 6) is -0.904. The van der Waals surface area contributed by atoms with Crippen LogP contribution < -0.4 is 0 Å². The minimum Gasteiger partial charge on any atom is -0.463 e. The Labute approximate surface area is 281 Å². The largest absolute Gasteiger partial charge is 0.463 e. The minimum atomic E-state index is -0.488. The number of hydrogen-bond acceptors (Lipinski definition) is 9. The van der Waals surface area contributed by atoms with Gasteiger partial charge in [-0.2, -0.15) is 0 Å². The molecule has 0 bridgehead atoms. The van der Waals surface area contributed by atoms with E-state index >= 15 is 0 Å². The lowest BCUT2D eigenvalue weighted by atomic mass is 9.78. The van der Waals surface area contributed by atoms with Gasteiger partial charge in [-0.1, -0.05) is 27.4 Å². The molecular weight excluding hydrogens is 586 g/mol. The van der Waals surface area contributed by atoms with Crippen LogP contribution in [0.3, 0.4) is 0 Å². The van der Waals surface area contributed by atoms with E-state index in [4.69, 9.17) is 18.9 Å². The SMILES string of the molecule is C=C(C)C(=O)OCCOC(=O)C(C)(C)CC.CCC(C)(C)C(=O)OC(C)C.CCC(C)(C)C(=O)OC1CC(C)(C)N(C)C(C)(C)C1. The second-order valence-corrected chi connectivity index (χ2v) is 15.8. The summed E-state index contributed by atoms with van der Waals surface area (Å²) >= 11 is 0. The van der Waals surface area contributed by atoms with Crippen LogP contribution in [0.5, 0.6) is 0 Å². The fourth-order valence-electron chi connectivity index (χ4n) is 4.07. The Bertz CT molecular complexity index is 989. The van der Waals surface area contributed by atoms with Gasteiger partial charge in [0.1, 0.15) is 19.3 Å². The maximum absolute atomic E-state index is 12.2. The zero-order valence-corrected chi connectivity index (χ0v) is 32.5. The highest BCUT2D eigenvalue weighted by molar-refractivity contribution is 5.86. The number of nitrogens with zero attached hydrogens (tertiary/aromatic N) is 1. The number of ether oxygens (including phenoxy) is 4. The Morgan fingerprint density at radius 3 is 1.48 bits per heavy atom. The summed E-state index contributed by atoms with van der Waals surface area (Å²) in [5, 5.41) is 0. The molecule has 0 unspecified atom stereocenters. The second kappa shape index (κ2) is 18.8. The Hall–Kier alpha value is -2.42. The molecule has 270 valence electrons. The molecule has 0 aliphatic carbocycles. The first-order valence-electron chi connectivity index (χ1n) is 16.8. The highest BCUT2D eigenvalue weighted by Gasteiger charge is 2.45. The van der Waals surface area contributed by atoms with Crippen molar-refractivity contribution in [1.82, 2.24) is 4.90 Å². The van der Waals surface area contributed by atoms with Gasteiger partial charge in [-0.15, -0.1) is 0 Å². The van der Waals surface area contributed by atoms with E-state index in [0.29, 0.717) is 12.0 Å². The molecule has 1 aliphatic heterocycles. The highest BCUT2D eigenvalue weighted by atomic mass is 16.6. The van der Waals surface area contributed by atoms with Gasteiger partial charge in [0.2, 0.25) is 0 Å². The zero-order chi connectivity index (χ0) is 36.9. The standard InChI is InChI=1S/C16H31NO2.C12H20O4.C9H18O2/c1-9-14(2,3)13(18)19-12-10-15(4,5)17(8)16(6,7)11-12;1-6-12(4,5)11(14)16-8-7-15-10(13)9(2)3;1-6-9(4,5)8(10)11-7(2)3/h12H,9-11H2,1-8H3;2,6-8H2,1,3-5H3;7H,6H2,1-5H3. The maximum Gasteiger partial charge on any atom is 0.333 e. The van der Waals surface area contributed by atoms with Crippen molar-refractivity contribution in [3.8, 4) is 0 Å². The summed E-state index contributed by atoms with van der Waals surface area (Å²) in [6.07, 6.45) is 4.16. The van der Waals surface area contributed by atoms with Crippen LogP contribution >= 0.6 is 0 Å². The van der Waals surface area contributed by atoms with Gasteiger partial charge in [-0.05, 0) is 116 Å². The molecule has 1 rings (SSSR count). The Kier molecular flexibility index (Phi) is 18.7. The third kappa shape index (κ3) is 15.9. The fraction of sp³-hybridized carbons (Fsp3) is 0.838. The molecule has 1 fully saturated rings. The van der Waals surface area contributed by atoms with Crippen LogP contribution in [0.25, 0.3) is 0 Å². The lowest BCUT2D eigenvalue weighted by Crippen LogP contribution is -2.60. The average Bonchev–Trinajstić information content (AvgIpc) is 2.93. The van der Waals surface area contributed by atoms with Crippen molar-refractivity contribution in [3.63, 3.8) is 0 Å². The zero-order valence-electron chi connectivity index (χ0n) is 32.5. The van der Waals surface area contributed by atoms with Crippen molar-refractivity contribution in [2.24, 2.45) is 16.2 Å². The molecule has 0 spiro atoms. The van der Waals surface area contributed by atoms with Crippen LogP contribution in [0.4, 0.5) is 0 Å². The van der Waals surface area contributed by atoms with Gasteiger partial charge < -0.3 is 18.9 Å². The monoisotopic (exact) mass is 656 g/mol. The van der Waals surface area contributed by atoms with Crippen LogP contribution in [0.1, 0.15) is 143 Å². The lowest BCUT2D eigenvalue weighted by molar-refractivity contribution is -0.169. The summed E-state index contributed by atoms with van der Waals surface area (Å²) in [6.45, 7) is 35.1. The summed E-state index contributed by atoms with van der Waals surface area (Å²) < 4.78 is 20.6. The number of piperidine rings is 1. The number of carbonyl (C=O) groups is 4. The van der Waals surface area contributed by atoms with Crippen molar-refractivity contribution in [2.75, 3.05) is 20.3 Å². The molecule has 1 saturated heterocycles. The van der Waals surface area contributed by atoms with Gasteiger partial charge in [0.25, 0.3) is 0 Å². The van der Waals surface area contributed by atoms with Gasteiger partial charge in [0, 0.05) is 29.5 Å². The van der Waals surface area contributed by atoms with E-state index < -0.39 is 11.4 Å².